The molecule has 0 aromatic rings. The minimum absolute atomic E-state index is 0.0157. The van der Waals surface area contributed by atoms with Gasteiger partial charge in [-0.15, -0.1) is 0 Å². The van der Waals surface area contributed by atoms with E-state index in [0.717, 1.165) is 51.4 Å². The zero-order valence-corrected chi connectivity index (χ0v) is 32.1. The molecule has 0 aliphatic carbocycles. The van der Waals surface area contributed by atoms with Crippen LogP contribution in [0.1, 0.15) is 181 Å². The lowest BCUT2D eigenvalue weighted by molar-refractivity contribution is -0.161. The van der Waals surface area contributed by atoms with Crippen LogP contribution in [0.5, 0.6) is 0 Å². The summed E-state index contributed by atoms with van der Waals surface area (Å²) in [6.45, 7) is 4.20. The number of phosphoric acid groups is 1. The Labute approximate surface area is 294 Å². The summed E-state index contributed by atoms with van der Waals surface area (Å²) in [5.74, 6) is -0.812. The molecule has 48 heavy (non-hydrogen) atoms. The number of hydrogen-bond donors (Lipinski definition) is 2. The van der Waals surface area contributed by atoms with Gasteiger partial charge in [0.05, 0.1) is 13.2 Å². The number of esters is 2. The Bertz CT molecular complexity index is 810. The molecule has 0 heterocycles. The fraction of sp³-hybridized carbons (Fsp3) is 0.895. The number of nitrogens with one attached hydrogen (secondary N) is 1. The van der Waals surface area contributed by atoms with E-state index in [0.29, 0.717) is 19.4 Å². The summed E-state index contributed by atoms with van der Waals surface area (Å²) in [7, 11) is -2.64. The molecule has 284 valence electrons. The molecule has 0 spiro atoms. The SMILES string of the molecule is CCCCCCCC/C=C\CCCCCCCC(=O)OC(COC(=O)CCCCCCCCCCCCC)COP(=O)(O)OCCNC. The molecule has 10 heteroatoms. The Morgan fingerprint density at radius 1 is 0.625 bits per heavy atom. The number of carbonyl (C=O) groups excluding carboxylic acids is 2. The molecule has 0 bridgehead atoms. The smallest absolute Gasteiger partial charge is 0.462 e. The number of ether oxygens (including phenoxy) is 2. The predicted molar refractivity (Wildman–Crippen MR) is 197 cm³/mol. The number of hydrogen-bond acceptors (Lipinski definition) is 8. The van der Waals surface area contributed by atoms with Gasteiger partial charge in [0.1, 0.15) is 6.61 Å². The van der Waals surface area contributed by atoms with Crippen molar-refractivity contribution < 1.29 is 37.6 Å². The molecular weight excluding hydrogens is 629 g/mol. The summed E-state index contributed by atoms with van der Waals surface area (Å²) in [6, 6.07) is 0. The maximum absolute atomic E-state index is 12.6. The molecule has 0 aliphatic heterocycles. The molecule has 0 fully saturated rings. The maximum atomic E-state index is 12.6. The summed E-state index contributed by atoms with van der Waals surface area (Å²) in [4.78, 5) is 34.9. The van der Waals surface area contributed by atoms with Crippen LogP contribution in [0.2, 0.25) is 0 Å². The minimum atomic E-state index is -4.34. The van der Waals surface area contributed by atoms with Gasteiger partial charge >= 0.3 is 19.8 Å². The van der Waals surface area contributed by atoms with Crippen molar-refractivity contribution >= 4 is 19.8 Å². The van der Waals surface area contributed by atoms with Crippen molar-refractivity contribution in [3.05, 3.63) is 12.2 Å². The van der Waals surface area contributed by atoms with Crippen molar-refractivity contribution in [2.24, 2.45) is 0 Å². The molecule has 0 saturated carbocycles. The van der Waals surface area contributed by atoms with Crippen molar-refractivity contribution in [1.82, 2.24) is 5.32 Å². The topological polar surface area (TPSA) is 120 Å². The molecule has 2 N–H and O–H groups in total. The lowest BCUT2D eigenvalue weighted by Crippen LogP contribution is -2.29. The van der Waals surface area contributed by atoms with E-state index >= 15 is 0 Å². The highest BCUT2D eigenvalue weighted by atomic mass is 31.2. The standard InChI is InChI=1S/C38H74NO8P/c1-4-6-8-10-12-14-16-17-18-19-21-23-25-27-29-31-38(41)47-36(35-46-48(42,43)45-33-32-39-3)34-44-37(40)30-28-26-24-22-20-15-13-11-9-7-5-2/h17-18,36,39H,4-16,19-35H2,1-3H3,(H,42,43)/b18-17-. The summed E-state index contributed by atoms with van der Waals surface area (Å²) < 4.78 is 33.0. The van der Waals surface area contributed by atoms with Crippen LogP contribution in [-0.2, 0) is 32.7 Å². The van der Waals surface area contributed by atoms with Crippen molar-refractivity contribution in [1.29, 1.82) is 0 Å². The van der Waals surface area contributed by atoms with Crippen molar-refractivity contribution in [3.63, 3.8) is 0 Å². The summed E-state index contributed by atoms with van der Waals surface area (Å²) in [5.41, 5.74) is 0. The number of likely N-dealkylation sites (N-methyl/N-ethyl adjacent to an activating group) is 1. The highest BCUT2D eigenvalue weighted by molar-refractivity contribution is 7.47. The fourth-order valence-corrected chi connectivity index (χ4v) is 6.12. The van der Waals surface area contributed by atoms with Gasteiger partial charge < -0.3 is 19.7 Å². The number of allylic oxidation sites excluding steroid dienone is 2. The second-order valence-corrected chi connectivity index (χ2v) is 14.6. The lowest BCUT2D eigenvalue weighted by Gasteiger charge is -2.20. The third-order valence-electron chi connectivity index (χ3n) is 8.39. The van der Waals surface area contributed by atoms with E-state index in [1.165, 1.54) is 96.3 Å². The number of unbranched alkanes of at least 4 members (excludes halogenated alkanes) is 21. The van der Waals surface area contributed by atoms with Gasteiger partial charge in [-0.2, -0.15) is 0 Å². The summed E-state index contributed by atoms with van der Waals surface area (Å²) >= 11 is 0. The Morgan fingerprint density at radius 2 is 1.06 bits per heavy atom. The highest BCUT2D eigenvalue weighted by Crippen LogP contribution is 2.43. The molecule has 0 aromatic heterocycles. The van der Waals surface area contributed by atoms with Crippen LogP contribution < -0.4 is 5.32 Å². The zero-order valence-electron chi connectivity index (χ0n) is 31.2. The second-order valence-electron chi connectivity index (χ2n) is 13.1. The predicted octanol–water partition coefficient (Wildman–Crippen LogP) is 10.5. The molecule has 0 saturated heterocycles. The van der Waals surface area contributed by atoms with E-state index in [1.54, 1.807) is 7.05 Å². The van der Waals surface area contributed by atoms with Crippen LogP contribution >= 0.6 is 7.82 Å². The van der Waals surface area contributed by atoms with E-state index in [2.05, 4.69) is 31.3 Å². The van der Waals surface area contributed by atoms with Gasteiger partial charge in [0.15, 0.2) is 6.10 Å². The largest absolute Gasteiger partial charge is 0.472 e. The van der Waals surface area contributed by atoms with E-state index in [1.807, 2.05) is 0 Å². The quantitative estimate of drug-likeness (QED) is 0.0282. The molecule has 0 radical (unpaired) electrons. The first-order chi connectivity index (χ1) is 23.3. The van der Waals surface area contributed by atoms with Crippen LogP contribution in [0.3, 0.4) is 0 Å². The van der Waals surface area contributed by atoms with Crippen LogP contribution in [0.15, 0.2) is 12.2 Å². The average Bonchev–Trinajstić information content (AvgIpc) is 3.06. The van der Waals surface area contributed by atoms with Gasteiger partial charge in [0, 0.05) is 19.4 Å². The van der Waals surface area contributed by atoms with Crippen LogP contribution in [0.25, 0.3) is 0 Å². The Kier molecular flexibility index (Phi) is 34.6. The third-order valence-corrected chi connectivity index (χ3v) is 9.37. The second kappa shape index (κ2) is 35.6. The monoisotopic (exact) mass is 704 g/mol. The first-order valence-corrected chi connectivity index (χ1v) is 21.1. The molecule has 9 nitrogen and oxygen atoms in total. The lowest BCUT2D eigenvalue weighted by atomic mass is 10.1. The molecule has 0 aromatic carbocycles. The van der Waals surface area contributed by atoms with E-state index in [4.69, 9.17) is 18.5 Å². The number of carbonyl (C=O) groups is 2. The number of rotatable bonds is 37. The molecular formula is C38H74NO8P. The minimum Gasteiger partial charge on any atom is -0.462 e. The first kappa shape index (κ1) is 46.8. The van der Waals surface area contributed by atoms with Gasteiger partial charge in [-0.25, -0.2) is 4.57 Å². The Morgan fingerprint density at radius 3 is 1.54 bits per heavy atom. The normalized spacial score (nSPS) is 13.5. The van der Waals surface area contributed by atoms with Crippen LogP contribution in [0, 0.1) is 0 Å². The Hall–Kier alpha value is -1.25. The summed E-state index contributed by atoms with van der Waals surface area (Å²) in [6.07, 6.45) is 32.5. The number of phosphoric ester groups is 1. The molecule has 0 aliphatic rings. The van der Waals surface area contributed by atoms with Crippen molar-refractivity contribution in [3.8, 4) is 0 Å². The van der Waals surface area contributed by atoms with E-state index < -0.39 is 26.5 Å². The highest BCUT2D eigenvalue weighted by Gasteiger charge is 2.26. The zero-order chi connectivity index (χ0) is 35.4. The van der Waals surface area contributed by atoms with Crippen LogP contribution in [0.4, 0.5) is 0 Å². The maximum Gasteiger partial charge on any atom is 0.472 e. The van der Waals surface area contributed by atoms with Crippen molar-refractivity contribution in [2.45, 2.75) is 187 Å². The van der Waals surface area contributed by atoms with Crippen LogP contribution in [-0.4, -0.2) is 56.3 Å². The van der Waals surface area contributed by atoms with Gasteiger partial charge in [0.25, 0.3) is 0 Å². The molecule has 2 atom stereocenters. The van der Waals surface area contributed by atoms with Gasteiger partial charge in [0.2, 0.25) is 0 Å². The Balaban J connectivity index is 4.28. The van der Waals surface area contributed by atoms with Gasteiger partial charge in [-0.3, -0.25) is 18.6 Å². The molecule has 0 rings (SSSR count). The van der Waals surface area contributed by atoms with Gasteiger partial charge in [-0.1, -0.05) is 142 Å². The molecule has 2 unspecified atom stereocenters. The first-order valence-electron chi connectivity index (χ1n) is 19.6. The summed E-state index contributed by atoms with van der Waals surface area (Å²) in [5, 5.41) is 2.82. The average molecular weight is 704 g/mol. The molecule has 0 amide bonds. The van der Waals surface area contributed by atoms with Crippen molar-refractivity contribution in [2.75, 3.05) is 33.4 Å². The van der Waals surface area contributed by atoms with E-state index in [9.17, 15) is 19.0 Å². The third kappa shape index (κ3) is 34.6. The van der Waals surface area contributed by atoms with Gasteiger partial charge in [-0.05, 0) is 45.6 Å². The fourth-order valence-electron chi connectivity index (χ4n) is 5.37. The van der Waals surface area contributed by atoms with E-state index in [-0.39, 0.29) is 25.6 Å².